The molecule has 1 unspecified atom stereocenters. The van der Waals surface area contributed by atoms with Gasteiger partial charge in [0.25, 0.3) is 0 Å². The maximum Gasteiger partial charge on any atom is 0.211 e. The van der Waals surface area contributed by atoms with Gasteiger partial charge in [0.2, 0.25) is 5.88 Å². The number of methoxy groups -OCH3 is 2. The third-order valence-electron chi connectivity index (χ3n) is 4.14. The molecule has 10 nitrogen and oxygen atoms in total. The van der Waals surface area contributed by atoms with Gasteiger partial charge in [0.1, 0.15) is 0 Å². The number of aryl methyl sites for hydroxylation is 1. The first-order chi connectivity index (χ1) is 14.6. The number of aromatic hydroxyl groups is 1. The second kappa shape index (κ2) is 10.3. The third kappa shape index (κ3) is 6.22. The van der Waals surface area contributed by atoms with Gasteiger partial charge < -0.3 is 14.6 Å². The van der Waals surface area contributed by atoms with E-state index in [4.69, 9.17) is 18.8 Å². The number of hydrogen-bond donors (Lipinski definition) is 4. The smallest absolute Gasteiger partial charge is 0.211 e. The van der Waals surface area contributed by atoms with E-state index in [-0.39, 0.29) is 16.1 Å². The fourth-order valence-electron chi connectivity index (χ4n) is 2.71. The molecule has 0 saturated carbocycles. The Balaban J connectivity index is 0.000000221. The Kier molecular flexibility index (Phi) is 8.06. The second-order valence-corrected chi connectivity index (χ2v) is 9.93. The number of anilines is 1. The molecule has 0 aliphatic rings. The number of fused-ring (bicyclic) bond motifs is 1. The predicted octanol–water partition coefficient (Wildman–Crippen LogP) is 1.97. The molecule has 1 aromatic heterocycles. The summed E-state index contributed by atoms with van der Waals surface area (Å²) >= 11 is -4.76. The molecule has 31 heavy (non-hydrogen) atoms. The van der Waals surface area contributed by atoms with E-state index in [0.717, 1.165) is 16.5 Å². The molecule has 166 valence electrons. The average molecular weight is 494 g/mol. The van der Waals surface area contributed by atoms with E-state index in [1.54, 1.807) is 20.3 Å². The van der Waals surface area contributed by atoms with Gasteiger partial charge in [0, 0.05) is 17.1 Å². The van der Waals surface area contributed by atoms with Crippen molar-refractivity contribution in [2.45, 2.75) is 13.8 Å². The van der Waals surface area contributed by atoms with Crippen molar-refractivity contribution >= 4 is 40.9 Å². The standard InChI is InChI=1S/C12H13NO3.C8H10AsNO5/c1-7-9-6-11(16-3)10(15-2)4-8(9)5-12(14)13-7;1-6(11)10-8-4-2-7(3-5-8)9(12,13)15-14/h4-6H,1-3H3,(H,13,14);2-5,14H,1H3,(H,10,11)(H,12,13). The van der Waals surface area contributed by atoms with E-state index in [9.17, 15) is 13.6 Å². The number of carbonyl (C=O) groups is 1. The van der Waals surface area contributed by atoms with Crippen molar-refractivity contribution in [3.8, 4) is 17.4 Å². The topological polar surface area (TPSA) is 147 Å². The van der Waals surface area contributed by atoms with E-state index in [1.165, 1.54) is 31.2 Å². The Bertz CT molecular complexity index is 1120. The summed E-state index contributed by atoms with van der Waals surface area (Å²) in [6, 6.07) is 10.8. The van der Waals surface area contributed by atoms with Gasteiger partial charge in [-0.1, -0.05) is 0 Å². The second-order valence-electron chi connectivity index (χ2n) is 6.32. The van der Waals surface area contributed by atoms with Crippen LogP contribution in [0.4, 0.5) is 5.69 Å². The van der Waals surface area contributed by atoms with Crippen molar-refractivity contribution in [1.82, 2.24) is 4.98 Å². The number of hydrogen-bond acceptors (Lipinski definition) is 8. The minimum atomic E-state index is -4.76. The molecule has 1 atom stereocenters. The molecule has 0 aliphatic carbocycles. The fraction of sp³-hybridized carbons (Fsp3) is 0.200. The number of rotatable bonds is 5. The molecule has 4 N–H and O–H groups in total. The molecule has 0 spiro atoms. The van der Waals surface area contributed by atoms with Gasteiger partial charge in [-0.2, -0.15) is 0 Å². The van der Waals surface area contributed by atoms with Crippen LogP contribution < -0.4 is 19.1 Å². The molecule has 0 saturated heterocycles. The van der Waals surface area contributed by atoms with Crippen molar-refractivity contribution < 1.29 is 36.3 Å². The van der Waals surface area contributed by atoms with Crippen LogP contribution in [0.5, 0.6) is 17.4 Å². The first kappa shape index (κ1) is 24.2. The Labute approximate surface area is 181 Å². The number of ether oxygens (including phenoxy) is 2. The minimum Gasteiger partial charge on any atom is -0.493 e. The summed E-state index contributed by atoms with van der Waals surface area (Å²) in [5, 5.41) is 21.9. The number of benzene rings is 2. The Morgan fingerprint density at radius 2 is 1.65 bits per heavy atom. The molecular formula is C20H23AsN2O8. The number of aromatic nitrogens is 1. The molecule has 0 aliphatic heterocycles. The third-order valence-corrected chi connectivity index (χ3v) is 6.60. The van der Waals surface area contributed by atoms with Crippen LogP contribution >= 0.6 is 0 Å². The maximum atomic E-state index is 11.2. The van der Waals surface area contributed by atoms with Gasteiger partial charge in [-0.15, -0.1) is 0 Å². The van der Waals surface area contributed by atoms with Crippen LogP contribution in [0, 0.1) is 6.92 Å². The summed E-state index contributed by atoms with van der Waals surface area (Å²) in [6.45, 7) is 3.19. The van der Waals surface area contributed by atoms with E-state index in [2.05, 4.69) is 14.2 Å². The molecule has 0 bridgehead atoms. The summed E-state index contributed by atoms with van der Waals surface area (Å²) in [5.74, 6) is 1.07. The fourth-order valence-corrected chi connectivity index (χ4v) is 4.02. The van der Waals surface area contributed by atoms with Crippen molar-refractivity contribution in [3.63, 3.8) is 0 Å². The van der Waals surface area contributed by atoms with Crippen molar-refractivity contribution in [2.75, 3.05) is 19.5 Å². The molecule has 1 amide bonds. The van der Waals surface area contributed by atoms with Crippen molar-refractivity contribution in [3.05, 3.63) is 48.2 Å². The minimum absolute atomic E-state index is 0.00438. The molecule has 0 radical (unpaired) electrons. The molecule has 1 heterocycles. The summed E-state index contributed by atoms with van der Waals surface area (Å²) in [7, 11) is 3.17. The van der Waals surface area contributed by atoms with Gasteiger partial charge >= 0.3 is 88.4 Å². The van der Waals surface area contributed by atoms with Gasteiger partial charge in [0.05, 0.1) is 14.2 Å². The Hall–Kier alpha value is -3.04. The largest absolute Gasteiger partial charge is 0.493 e. The SMILES string of the molecule is CC(=O)Nc1ccc([As](=O)(O)OO)cc1.COc1cc2cc(O)nc(C)c2cc1OC. The van der Waals surface area contributed by atoms with Crippen LogP contribution in [-0.4, -0.2) is 53.7 Å². The van der Waals surface area contributed by atoms with Gasteiger partial charge in [-0.05, 0) is 24.4 Å². The van der Waals surface area contributed by atoms with Crippen LogP contribution in [0.25, 0.3) is 10.8 Å². The van der Waals surface area contributed by atoms with Crippen LogP contribution in [0.1, 0.15) is 12.6 Å². The van der Waals surface area contributed by atoms with Crippen LogP contribution in [0.3, 0.4) is 0 Å². The average Bonchev–Trinajstić information content (AvgIpc) is 2.73. The van der Waals surface area contributed by atoms with E-state index < -0.39 is 14.2 Å². The van der Waals surface area contributed by atoms with Crippen LogP contribution in [0.15, 0.2) is 42.5 Å². The zero-order chi connectivity index (χ0) is 23.2. The Morgan fingerprint density at radius 3 is 2.16 bits per heavy atom. The van der Waals surface area contributed by atoms with Crippen molar-refractivity contribution in [1.29, 1.82) is 0 Å². The summed E-state index contributed by atoms with van der Waals surface area (Å²) < 4.78 is 34.2. The first-order valence-corrected chi connectivity index (χ1v) is 12.2. The monoisotopic (exact) mass is 494 g/mol. The zero-order valence-electron chi connectivity index (χ0n) is 17.3. The molecular weight excluding hydrogens is 471 g/mol. The van der Waals surface area contributed by atoms with Gasteiger partial charge in [0.15, 0.2) is 11.5 Å². The molecule has 3 rings (SSSR count). The molecule has 11 heteroatoms. The number of pyridine rings is 1. The summed E-state index contributed by atoms with van der Waals surface area (Å²) in [5.41, 5.74) is 1.26. The molecule has 3 aromatic rings. The quantitative estimate of drug-likeness (QED) is 0.237. The van der Waals surface area contributed by atoms with Gasteiger partial charge in [-0.3, -0.25) is 0 Å². The summed E-state index contributed by atoms with van der Waals surface area (Å²) in [6.07, 6.45) is 0. The van der Waals surface area contributed by atoms with Crippen molar-refractivity contribution in [2.24, 2.45) is 0 Å². The number of amides is 1. The molecule has 0 fully saturated rings. The Morgan fingerprint density at radius 1 is 1.06 bits per heavy atom. The molecule has 2 aromatic carbocycles. The number of nitrogens with zero attached hydrogens (tertiary/aromatic N) is 1. The van der Waals surface area contributed by atoms with Crippen LogP contribution in [0.2, 0.25) is 0 Å². The number of carbonyl (C=O) groups excluding carboxylic acids is 1. The first-order valence-electron chi connectivity index (χ1n) is 8.87. The maximum absolute atomic E-state index is 11.2. The number of nitrogens with one attached hydrogen (secondary N) is 1. The normalized spacial score (nSPS) is 12.3. The predicted molar refractivity (Wildman–Crippen MR) is 114 cm³/mol. The van der Waals surface area contributed by atoms with E-state index in [0.29, 0.717) is 17.2 Å². The van der Waals surface area contributed by atoms with E-state index >= 15 is 0 Å². The zero-order valence-corrected chi connectivity index (χ0v) is 19.2. The van der Waals surface area contributed by atoms with Crippen LogP contribution in [-0.2, 0) is 12.4 Å². The van der Waals surface area contributed by atoms with E-state index in [1.807, 2.05) is 19.1 Å². The van der Waals surface area contributed by atoms with Gasteiger partial charge in [-0.25, -0.2) is 4.98 Å². The summed E-state index contributed by atoms with van der Waals surface area (Å²) in [4.78, 5) is 14.7.